The first-order valence-corrected chi connectivity index (χ1v) is 15.2. The third kappa shape index (κ3) is 7.60. The maximum Gasteiger partial charge on any atom is 0.236 e. The Hall–Kier alpha value is -3.10. The highest BCUT2D eigenvalue weighted by atomic mass is 35.5. The molecule has 3 aliphatic heterocycles. The monoisotopic (exact) mass is 580 g/mol. The first kappa shape index (κ1) is 29.4. The van der Waals surface area contributed by atoms with Crippen molar-refractivity contribution in [2.75, 3.05) is 52.4 Å². The van der Waals surface area contributed by atoms with Gasteiger partial charge in [-0.25, -0.2) is 0 Å². The second-order valence-corrected chi connectivity index (χ2v) is 12.0. The molecular formula is C32H41ClN4O4. The van der Waals surface area contributed by atoms with Gasteiger partial charge in [0.05, 0.1) is 13.2 Å². The van der Waals surface area contributed by atoms with Crippen LogP contribution in [0.5, 0.6) is 5.75 Å². The van der Waals surface area contributed by atoms with E-state index in [1.54, 1.807) is 11.8 Å². The molecule has 2 bridgehead atoms. The highest BCUT2D eigenvalue weighted by Gasteiger charge is 2.35. The van der Waals surface area contributed by atoms with Crippen LogP contribution in [0.25, 0.3) is 0 Å². The fourth-order valence-corrected chi connectivity index (χ4v) is 6.59. The number of piperidine rings is 1. The Morgan fingerprint density at radius 3 is 2.44 bits per heavy atom. The van der Waals surface area contributed by atoms with Gasteiger partial charge in [0, 0.05) is 76.3 Å². The Labute approximate surface area is 248 Å². The topological polar surface area (TPSA) is 73.4 Å². The SMILES string of the molecule is CC(=O)N1CCN(C(=O)C[C@@H]2CCN3C[C@@H]2CCCOc2ccccc2CN(Cc2ccccc2Cl)CC3=O)CC1. The summed E-state index contributed by atoms with van der Waals surface area (Å²) in [6, 6.07) is 15.8. The lowest BCUT2D eigenvalue weighted by Gasteiger charge is -2.40. The second kappa shape index (κ2) is 13.7. The zero-order chi connectivity index (χ0) is 28.8. The molecule has 2 saturated heterocycles. The lowest BCUT2D eigenvalue weighted by molar-refractivity contribution is -0.140. The van der Waals surface area contributed by atoms with E-state index in [-0.39, 0.29) is 36.1 Å². The standard InChI is InChI=1S/C32H41ClN4O4/c1-24(38)35-14-16-36(17-15-35)31(39)19-25-12-13-37-22-26(25)9-6-18-41-30-11-5-3-8-28(30)21-34(23-32(37)40)20-27-7-2-4-10-29(27)33/h2-5,7-8,10-11,25-26H,6,9,12-23H2,1H3/t25-,26-/m0/s1. The van der Waals surface area contributed by atoms with E-state index in [4.69, 9.17) is 16.3 Å². The molecule has 2 aromatic rings. The van der Waals surface area contributed by atoms with E-state index in [9.17, 15) is 14.4 Å². The van der Waals surface area contributed by atoms with E-state index in [1.165, 1.54) is 0 Å². The summed E-state index contributed by atoms with van der Waals surface area (Å²) in [5.41, 5.74) is 2.04. The van der Waals surface area contributed by atoms with Crippen molar-refractivity contribution in [1.29, 1.82) is 0 Å². The van der Waals surface area contributed by atoms with E-state index >= 15 is 0 Å². The molecule has 0 N–H and O–H groups in total. The van der Waals surface area contributed by atoms with E-state index in [2.05, 4.69) is 11.0 Å². The zero-order valence-corrected chi connectivity index (χ0v) is 24.7. The van der Waals surface area contributed by atoms with Crippen LogP contribution in [0.4, 0.5) is 0 Å². The third-order valence-corrected chi connectivity index (χ3v) is 9.18. The predicted octanol–water partition coefficient (Wildman–Crippen LogP) is 4.06. The molecule has 3 aliphatic rings. The molecule has 8 nitrogen and oxygen atoms in total. The van der Waals surface area contributed by atoms with Crippen LogP contribution in [0.2, 0.25) is 5.02 Å². The Balaban J connectivity index is 1.29. The Bertz CT molecular complexity index is 1230. The molecule has 0 saturated carbocycles. The van der Waals surface area contributed by atoms with Crippen molar-refractivity contribution < 1.29 is 19.1 Å². The Kier molecular flexibility index (Phi) is 9.83. The Morgan fingerprint density at radius 1 is 0.927 bits per heavy atom. The molecule has 2 aromatic carbocycles. The summed E-state index contributed by atoms with van der Waals surface area (Å²) in [6.07, 6.45) is 3.09. The van der Waals surface area contributed by atoms with Gasteiger partial charge in [-0.15, -0.1) is 0 Å². The van der Waals surface area contributed by atoms with E-state index in [0.29, 0.717) is 70.4 Å². The molecule has 0 aliphatic carbocycles. The number of carbonyl (C=O) groups excluding carboxylic acids is 3. The van der Waals surface area contributed by atoms with E-state index in [1.807, 2.05) is 52.3 Å². The molecule has 0 spiro atoms. The van der Waals surface area contributed by atoms with Crippen molar-refractivity contribution in [3.8, 4) is 5.75 Å². The molecule has 5 rings (SSSR count). The number of hydrogen-bond acceptors (Lipinski definition) is 5. The van der Waals surface area contributed by atoms with Gasteiger partial charge in [0.25, 0.3) is 0 Å². The van der Waals surface area contributed by atoms with Crippen LogP contribution in [-0.4, -0.2) is 89.7 Å². The van der Waals surface area contributed by atoms with Crippen LogP contribution in [0.3, 0.4) is 0 Å². The molecule has 3 heterocycles. The van der Waals surface area contributed by atoms with Crippen molar-refractivity contribution in [2.24, 2.45) is 11.8 Å². The van der Waals surface area contributed by atoms with Gasteiger partial charge in [-0.05, 0) is 48.8 Å². The van der Waals surface area contributed by atoms with Gasteiger partial charge in [0.2, 0.25) is 17.7 Å². The molecule has 41 heavy (non-hydrogen) atoms. The van der Waals surface area contributed by atoms with Crippen molar-refractivity contribution >= 4 is 29.3 Å². The maximum absolute atomic E-state index is 13.7. The normalized spacial score (nSPS) is 22.6. The minimum absolute atomic E-state index is 0.0634. The lowest BCUT2D eigenvalue weighted by Crippen LogP contribution is -2.51. The first-order chi connectivity index (χ1) is 19.9. The Morgan fingerprint density at radius 2 is 1.66 bits per heavy atom. The van der Waals surface area contributed by atoms with Crippen LogP contribution in [0, 0.1) is 11.8 Å². The van der Waals surface area contributed by atoms with Gasteiger partial charge in [-0.3, -0.25) is 19.3 Å². The van der Waals surface area contributed by atoms with Crippen molar-refractivity contribution in [3.05, 3.63) is 64.7 Å². The number of hydrogen-bond donors (Lipinski definition) is 0. The summed E-state index contributed by atoms with van der Waals surface area (Å²) < 4.78 is 6.27. The summed E-state index contributed by atoms with van der Waals surface area (Å²) in [5, 5.41) is 0.695. The summed E-state index contributed by atoms with van der Waals surface area (Å²) in [6.45, 7) is 7.32. The number of para-hydroxylation sites is 1. The van der Waals surface area contributed by atoms with Gasteiger partial charge in [0.1, 0.15) is 5.75 Å². The lowest BCUT2D eigenvalue weighted by atomic mass is 9.80. The molecule has 0 aromatic heterocycles. The maximum atomic E-state index is 13.7. The molecule has 220 valence electrons. The molecular weight excluding hydrogens is 540 g/mol. The minimum Gasteiger partial charge on any atom is -0.493 e. The highest BCUT2D eigenvalue weighted by molar-refractivity contribution is 6.31. The van der Waals surface area contributed by atoms with E-state index in [0.717, 1.165) is 36.1 Å². The summed E-state index contributed by atoms with van der Waals surface area (Å²) in [4.78, 5) is 46.5. The van der Waals surface area contributed by atoms with Crippen molar-refractivity contribution in [2.45, 2.75) is 45.7 Å². The molecule has 2 fully saturated rings. The van der Waals surface area contributed by atoms with Crippen molar-refractivity contribution in [3.63, 3.8) is 0 Å². The summed E-state index contributed by atoms with van der Waals surface area (Å²) in [7, 11) is 0. The van der Waals surface area contributed by atoms with Crippen LogP contribution in [0.15, 0.2) is 48.5 Å². The summed E-state index contributed by atoms with van der Waals surface area (Å²) in [5.74, 6) is 1.67. The number of fused-ring (bicyclic) bond motifs is 3. The number of benzene rings is 2. The fraction of sp³-hybridized carbons (Fsp3) is 0.531. The highest BCUT2D eigenvalue weighted by Crippen LogP contribution is 2.32. The molecule has 2 atom stereocenters. The number of nitrogens with zero attached hydrogens (tertiary/aromatic N) is 4. The zero-order valence-electron chi connectivity index (χ0n) is 24.0. The fourth-order valence-electron chi connectivity index (χ4n) is 6.40. The third-order valence-electron chi connectivity index (χ3n) is 8.81. The van der Waals surface area contributed by atoms with Gasteiger partial charge in [0.15, 0.2) is 0 Å². The predicted molar refractivity (Wildman–Crippen MR) is 158 cm³/mol. The van der Waals surface area contributed by atoms with Crippen LogP contribution >= 0.6 is 11.6 Å². The van der Waals surface area contributed by atoms with Crippen LogP contribution in [0.1, 0.15) is 43.7 Å². The van der Waals surface area contributed by atoms with Gasteiger partial charge in [-0.2, -0.15) is 0 Å². The number of halogens is 1. The van der Waals surface area contributed by atoms with Crippen LogP contribution < -0.4 is 4.74 Å². The molecule has 3 amide bonds. The van der Waals surface area contributed by atoms with Gasteiger partial charge >= 0.3 is 0 Å². The van der Waals surface area contributed by atoms with Gasteiger partial charge in [-0.1, -0.05) is 48.0 Å². The average molecular weight is 581 g/mol. The number of rotatable bonds is 4. The number of carbonyl (C=O) groups is 3. The second-order valence-electron chi connectivity index (χ2n) is 11.6. The number of ether oxygens (including phenoxy) is 1. The van der Waals surface area contributed by atoms with Crippen LogP contribution in [-0.2, 0) is 27.5 Å². The van der Waals surface area contributed by atoms with Gasteiger partial charge < -0.3 is 19.4 Å². The molecule has 0 unspecified atom stereocenters. The largest absolute Gasteiger partial charge is 0.493 e. The molecule has 9 heteroatoms. The average Bonchev–Trinajstić information content (AvgIpc) is 2.98. The first-order valence-electron chi connectivity index (χ1n) is 14.8. The minimum atomic E-state index is 0.0634. The molecule has 0 radical (unpaired) electrons. The quantitative estimate of drug-likeness (QED) is 0.545. The number of amides is 3. The number of piperazine rings is 1. The smallest absolute Gasteiger partial charge is 0.236 e. The van der Waals surface area contributed by atoms with E-state index < -0.39 is 0 Å². The summed E-state index contributed by atoms with van der Waals surface area (Å²) >= 11 is 6.50. The van der Waals surface area contributed by atoms with Crippen molar-refractivity contribution in [1.82, 2.24) is 19.6 Å².